The van der Waals surface area contributed by atoms with Crippen LogP contribution in [0.3, 0.4) is 0 Å². The molecule has 0 saturated carbocycles. The van der Waals surface area contributed by atoms with E-state index in [1.165, 1.54) is 31.7 Å². The van der Waals surface area contributed by atoms with Crippen molar-refractivity contribution >= 4 is 12.6 Å². The number of benzene rings is 1. The van der Waals surface area contributed by atoms with E-state index in [1.54, 1.807) is 0 Å². The molecule has 0 aliphatic carbocycles. The second kappa shape index (κ2) is 6.79. The Kier molecular flexibility index (Phi) is 5.08. The number of piperazine rings is 1. The minimum atomic E-state index is -0.280. The Morgan fingerprint density at radius 2 is 1.46 bits per heavy atom. The highest BCUT2D eigenvalue weighted by atomic mass is 16.7. The van der Waals surface area contributed by atoms with Crippen LogP contribution >= 0.6 is 0 Å². The third-order valence-corrected chi connectivity index (χ3v) is 5.82. The van der Waals surface area contributed by atoms with E-state index in [0.717, 1.165) is 18.4 Å². The molecule has 1 aromatic carbocycles. The van der Waals surface area contributed by atoms with E-state index in [0.29, 0.717) is 0 Å². The normalized spacial score (nSPS) is 24.5. The maximum Gasteiger partial charge on any atom is 0.494 e. The van der Waals surface area contributed by atoms with Crippen LogP contribution in [-0.2, 0) is 15.7 Å². The molecule has 0 bridgehead atoms. The number of hydrogen-bond acceptors (Lipinski definition) is 4. The number of nitrogens with zero attached hydrogens (tertiary/aromatic N) is 2. The summed E-state index contributed by atoms with van der Waals surface area (Å²) in [5.41, 5.74) is 1.93. The third-order valence-electron chi connectivity index (χ3n) is 5.82. The SMILES string of the molecule is CN1CCN(CCc2ccc(B3OC(C)(C)C(C)(C)O3)cc2)CC1. The average molecular weight is 330 g/mol. The molecular weight excluding hydrogens is 299 g/mol. The second-order valence-electron chi connectivity index (χ2n) is 8.22. The minimum Gasteiger partial charge on any atom is -0.399 e. The molecule has 2 aliphatic heterocycles. The molecule has 24 heavy (non-hydrogen) atoms. The second-order valence-corrected chi connectivity index (χ2v) is 8.22. The van der Waals surface area contributed by atoms with E-state index in [2.05, 4.69) is 68.8 Å². The van der Waals surface area contributed by atoms with Gasteiger partial charge in [0.05, 0.1) is 11.2 Å². The quantitative estimate of drug-likeness (QED) is 0.786. The molecule has 0 unspecified atom stereocenters. The molecule has 0 spiro atoms. The Bertz CT molecular complexity index is 535. The molecule has 1 aromatic rings. The molecule has 2 aliphatic rings. The van der Waals surface area contributed by atoms with Gasteiger partial charge in [-0.25, -0.2) is 0 Å². The molecule has 0 amide bonds. The first-order valence-corrected chi connectivity index (χ1v) is 9.12. The fourth-order valence-corrected chi connectivity index (χ4v) is 3.18. The lowest BCUT2D eigenvalue weighted by molar-refractivity contribution is 0.00578. The fourth-order valence-electron chi connectivity index (χ4n) is 3.18. The highest BCUT2D eigenvalue weighted by Crippen LogP contribution is 2.36. The minimum absolute atomic E-state index is 0.262. The van der Waals surface area contributed by atoms with Crippen LogP contribution < -0.4 is 5.46 Å². The van der Waals surface area contributed by atoms with Crippen molar-refractivity contribution in [3.05, 3.63) is 29.8 Å². The van der Waals surface area contributed by atoms with E-state index in [-0.39, 0.29) is 18.3 Å². The Balaban J connectivity index is 1.54. The molecule has 0 radical (unpaired) electrons. The van der Waals surface area contributed by atoms with Crippen LogP contribution in [0, 0.1) is 0 Å². The van der Waals surface area contributed by atoms with Gasteiger partial charge in [-0.05, 0) is 52.2 Å². The van der Waals surface area contributed by atoms with Crippen LogP contribution in [0.1, 0.15) is 33.3 Å². The van der Waals surface area contributed by atoms with Crippen LogP contribution in [0.2, 0.25) is 0 Å². The van der Waals surface area contributed by atoms with Crippen molar-refractivity contribution in [1.29, 1.82) is 0 Å². The van der Waals surface area contributed by atoms with Crippen molar-refractivity contribution < 1.29 is 9.31 Å². The van der Waals surface area contributed by atoms with Crippen molar-refractivity contribution in [2.75, 3.05) is 39.8 Å². The van der Waals surface area contributed by atoms with Crippen LogP contribution in [0.4, 0.5) is 0 Å². The lowest BCUT2D eigenvalue weighted by Gasteiger charge is -2.32. The fraction of sp³-hybridized carbons (Fsp3) is 0.684. The molecule has 132 valence electrons. The average Bonchev–Trinajstić information content (AvgIpc) is 2.75. The smallest absolute Gasteiger partial charge is 0.399 e. The van der Waals surface area contributed by atoms with Gasteiger partial charge in [0.25, 0.3) is 0 Å². The molecule has 0 atom stereocenters. The summed E-state index contributed by atoms with van der Waals surface area (Å²) in [6, 6.07) is 8.75. The van der Waals surface area contributed by atoms with Crippen LogP contribution in [0.15, 0.2) is 24.3 Å². The van der Waals surface area contributed by atoms with Gasteiger partial charge in [0.2, 0.25) is 0 Å². The third kappa shape index (κ3) is 3.85. The predicted octanol–water partition coefficient (Wildman–Crippen LogP) is 1.78. The maximum atomic E-state index is 6.12. The summed E-state index contributed by atoms with van der Waals surface area (Å²) < 4.78 is 12.2. The lowest BCUT2D eigenvalue weighted by atomic mass is 9.79. The Morgan fingerprint density at radius 1 is 0.917 bits per heavy atom. The maximum absolute atomic E-state index is 6.12. The van der Waals surface area contributed by atoms with Gasteiger partial charge in [-0.2, -0.15) is 0 Å². The molecule has 0 aromatic heterocycles. The number of likely N-dealkylation sites (N-methyl/N-ethyl adjacent to an activating group) is 1. The van der Waals surface area contributed by atoms with Gasteiger partial charge in [0, 0.05) is 32.7 Å². The van der Waals surface area contributed by atoms with E-state index >= 15 is 0 Å². The summed E-state index contributed by atoms with van der Waals surface area (Å²) in [7, 11) is 1.94. The van der Waals surface area contributed by atoms with Crippen LogP contribution in [0.25, 0.3) is 0 Å². The summed E-state index contributed by atoms with van der Waals surface area (Å²) in [4.78, 5) is 4.96. The van der Waals surface area contributed by atoms with Crippen molar-refractivity contribution in [3.63, 3.8) is 0 Å². The predicted molar refractivity (Wildman–Crippen MR) is 99.8 cm³/mol. The van der Waals surface area contributed by atoms with E-state index in [1.807, 2.05) is 0 Å². The van der Waals surface area contributed by atoms with E-state index in [9.17, 15) is 0 Å². The number of rotatable bonds is 4. The van der Waals surface area contributed by atoms with Gasteiger partial charge < -0.3 is 19.1 Å². The highest BCUT2D eigenvalue weighted by Gasteiger charge is 2.51. The lowest BCUT2D eigenvalue weighted by Crippen LogP contribution is -2.45. The van der Waals surface area contributed by atoms with Gasteiger partial charge in [0.15, 0.2) is 0 Å². The zero-order chi connectivity index (χ0) is 17.4. The van der Waals surface area contributed by atoms with Crippen LogP contribution in [-0.4, -0.2) is 67.9 Å². The first kappa shape index (κ1) is 17.9. The topological polar surface area (TPSA) is 24.9 Å². The molecular formula is C19H31BN2O2. The molecule has 4 nitrogen and oxygen atoms in total. The molecule has 2 fully saturated rings. The summed E-state index contributed by atoms with van der Waals surface area (Å²) in [5.74, 6) is 0. The standard InChI is InChI=1S/C19H31BN2O2/c1-18(2)19(3,4)24-20(23-18)17-8-6-16(7-9-17)10-11-22-14-12-21(5)13-15-22/h6-9H,10-15H2,1-5H3. The van der Waals surface area contributed by atoms with Gasteiger partial charge in [-0.3, -0.25) is 0 Å². The number of hydrogen-bond donors (Lipinski definition) is 0. The monoisotopic (exact) mass is 330 g/mol. The highest BCUT2D eigenvalue weighted by molar-refractivity contribution is 6.62. The summed E-state index contributed by atoms with van der Waals surface area (Å²) in [6.07, 6.45) is 1.10. The zero-order valence-electron chi connectivity index (χ0n) is 15.8. The van der Waals surface area contributed by atoms with E-state index in [4.69, 9.17) is 9.31 Å². The first-order valence-electron chi connectivity index (χ1n) is 9.12. The van der Waals surface area contributed by atoms with Crippen molar-refractivity contribution in [3.8, 4) is 0 Å². The first-order chi connectivity index (χ1) is 11.3. The molecule has 5 heteroatoms. The van der Waals surface area contributed by atoms with Gasteiger partial charge >= 0.3 is 7.12 Å². The Morgan fingerprint density at radius 3 is 2.00 bits per heavy atom. The van der Waals surface area contributed by atoms with Gasteiger partial charge in [-0.15, -0.1) is 0 Å². The zero-order valence-corrected chi connectivity index (χ0v) is 15.8. The van der Waals surface area contributed by atoms with Crippen molar-refractivity contribution in [1.82, 2.24) is 9.80 Å². The van der Waals surface area contributed by atoms with Crippen molar-refractivity contribution in [2.24, 2.45) is 0 Å². The van der Waals surface area contributed by atoms with E-state index < -0.39 is 0 Å². The van der Waals surface area contributed by atoms with Gasteiger partial charge in [0.1, 0.15) is 0 Å². The largest absolute Gasteiger partial charge is 0.494 e. The molecule has 2 saturated heterocycles. The summed E-state index contributed by atoms with van der Waals surface area (Å²) in [5, 5.41) is 0. The van der Waals surface area contributed by atoms with Gasteiger partial charge in [-0.1, -0.05) is 24.3 Å². The summed E-state index contributed by atoms with van der Waals surface area (Å²) in [6.45, 7) is 14.3. The summed E-state index contributed by atoms with van der Waals surface area (Å²) >= 11 is 0. The molecule has 3 rings (SSSR count). The molecule has 0 N–H and O–H groups in total. The Labute approximate surface area is 147 Å². The van der Waals surface area contributed by atoms with Crippen molar-refractivity contribution in [2.45, 2.75) is 45.3 Å². The Hall–Kier alpha value is -0.875. The molecule has 2 heterocycles. The van der Waals surface area contributed by atoms with Crippen LogP contribution in [0.5, 0.6) is 0 Å².